The molecule has 0 saturated carbocycles. The zero-order chi connectivity index (χ0) is 23.8. The molecule has 0 aliphatic carbocycles. The van der Waals surface area contributed by atoms with Crippen molar-refractivity contribution in [3.8, 4) is 0 Å². The fourth-order valence-corrected chi connectivity index (χ4v) is 3.55. The Hall–Kier alpha value is -2.06. The molecule has 6 nitrogen and oxygen atoms in total. The molecule has 11 heteroatoms. The lowest BCUT2D eigenvalue weighted by atomic mass is 10.0. The second-order valence-electron chi connectivity index (χ2n) is 6.58. The Morgan fingerprint density at radius 2 is 1.53 bits per heavy atom. The van der Waals surface area contributed by atoms with E-state index < -0.39 is 30.1 Å². The molecule has 0 aliphatic rings. The number of rotatable bonds is 9. The van der Waals surface area contributed by atoms with E-state index in [9.17, 15) is 14.0 Å². The number of nitrogens with zero attached hydrogens (tertiary/aromatic N) is 1. The van der Waals surface area contributed by atoms with Gasteiger partial charge in [-0.15, -0.1) is 0 Å². The second-order valence-corrected chi connectivity index (χ2v) is 8.26. The van der Waals surface area contributed by atoms with Crippen LogP contribution in [0, 0.1) is 5.92 Å². The molecule has 3 atom stereocenters. The highest BCUT2D eigenvalue weighted by Gasteiger charge is 2.32. The minimum Gasteiger partial charge on any atom is -0.462 e. The van der Waals surface area contributed by atoms with Crippen molar-refractivity contribution in [3.63, 3.8) is 0 Å². The Kier molecular flexibility index (Phi) is 10.0. The standard InChI is InChI=1S/C21H18Cl4FNO5/c1-11(10-31-20(28)14-5-3-12(22)7-16(14)24)19(18(26)9-27-30-2)32-21(29)15-6-4-13(23)8-17(15)25/h3-9,11,18-19H,10H2,1-2H3/t11-,18+,19+/m0/s1. The number of esters is 2. The fraction of sp³-hybridized carbons (Fsp3) is 0.286. The van der Waals surface area contributed by atoms with Gasteiger partial charge in [-0.05, 0) is 36.4 Å². The van der Waals surface area contributed by atoms with Crippen LogP contribution in [0.4, 0.5) is 4.39 Å². The Morgan fingerprint density at radius 1 is 1.00 bits per heavy atom. The summed E-state index contributed by atoms with van der Waals surface area (Å²) in [5.74, 6) is -2.41. The van der Waals surface area contributed by atoms with E-state index in [1.807, 2.05) is 0 Å². The van der Waals surface area contributed by atoms with Gasteiger partial charge in [0.15, 0.2) is 6.17 Å². The van der Waals surface area contributed by atoms with Crippen LogP contribution in [0.15, 0.2) is 41.6 Å². The molecular formula is C21H18Cl4FNO5. The smallest absolute Gasteiger partial charge is 0.340 e. The van der Waals surface area contributed by atoms with E-state index in [4.69, 9.17) is 55.9 Å². The Balaban J connectivity index is 2.15. The van der Waals surface area contributed by atoms with Gasteiger partial charge >= 0.3 is 11.9 Å². The number of carbonyl (C=O) groups excluding carboxylic acids is 2. The minimum absolute atomic E-state index is 0.00547. The van der Waals surface area contributed by atoms with Crippen molar-refractivity contribution in [1.29, 1.82) is 0 Å². The number of oxime groups is 1. The van der Waals surface area contributed by atoms with E-state index in [-0.39, 0.29) is 27.8 Å². The van der Waals surface area contributed by atoms with Crippen molar-refractivity contribution < 1.29 is 28.3 Å². The Labute approximate surface area is 204 Å². The molecule has 0 fully saturated rings. The molecule has 0 saturated heterocycles. The number of alkyl halides is 1. The van der Waals surface area contributed by atoms with Gasteiger partial charge < -0.3 is 14.3 Å². The summed E-state index contributed by atoms with van der Waals surface area (Å²) in [7, 11) is 1.23. The third kappa shape index (κ3) is 7.24. The van der Waals surface area contributed by atoms with Crippen LogP contribution in [0.3, 0.4) is 0 Å². The average Bonchev–Trinajstić information content (AvgIpc) is 2.73. The third-order valence-electron chi connectivity index (χ3n) is 4.21. The summed E-state index contributed by atoms with van der Waals surface area (Å²) in [4.78, 5) is 29.4. The van der Waals surface area contributed by atoms with E-state index in [0.29, 0.717) is 10.0 Å². The maximum atomic E-state index is 14.8. The molecule has 2 aromatic rings. The molecule has 0 radical (unpaired) electrons. The van der Waals surface area contributed by atoms with Gasteiger partial charge in [-0.2, -0.15) is 0 Å². The van der Waals surface area contributed by atoms with Gasteiger partial charge in [-0.25, -0.2) is 14.0 Å². The highest BCUT2D eigenvalue weighted by molar-refractivity contribution is 6.37. The Morgan fingerprint density at radius 3 is 2.03 bits per heavy atom. The van der Waals surface area contributed by atoms with Crippen LogP contribution >= 0.6 is 46.4 Å². The quantitative estimate of drug-likeness (QED) is 0.219. The maximum Gasteiger partial charge on any atom is 0.340 e. The van der Waals surface area contributed by atoms with Crippen molar-refractivity contribution in [3.05, 3.63) is 67.6 Å². The number of benzene rings is 2. The monoisotopic (exact) mass is 523 g/mol. The molecule has 0 aliphatic heterocycles. The summed E-state index contributed by atoms with van der Waals surface area (Å²) < 4.78 is 25.3. The molecule has 32 heavy (non-hydrogen) atoms. The first kappa shape index (κ1) is 26.2. The predicted octanol–water partition coefficient (Wildman–Crippen LogP) is 6.29. The highest BCUT2D eigenvalue weighted by Crippen LogP contribution is 2.25. The largest absolute Gasteiger partial charge is 0.462 e. The molecule has 0 unspecified atom stereocenters. The van der Waals surface area contributed by atoms with Crippen LogP contribution in [0.1, 0.15) is 27.6 Å². The molecule has 2 rings (SSSR count). The van der Waals surface area contributed by atoms with E-state index in [0.717, 1.165) is 6.21 Å². The zero-order valence-corrected chi connectivity index (χ0v) is 19.9. The van der Waals surface area contributed by atoms with Gasteiger partial charge in [0.25, 0.3) is 0 Å². The molecule has 0 amide bonds. The van der Waals surface area contributed by atoms with Crippen molar-refractivity contribution >= 4 is 64.6 Å². The minimum atomic E-state index is -1.86. The zero-order valence-electron chi connectivity index (χ0n) is 16.9. The van der Waals surface area contributed by atoms with Crippen molar-refractivity contribution in [1.82, 2.24) is 0 Å². The van der Waals surface area contributed by atoms with Crippen LogP contribution < -0.4 is 0 Å². The lowest BCUT2D eigenvalue weighted by Crippen LogP contribution is -2.38. The second kappa shape index (κ2) is 12.3. The summed E-state index contributed by atoms with van der Waals surface area (Å²) in [5.41, 5.74) is 0.0802. The lowest BCUT2D eigenvalue weighted by Gasteiger charge is -2.25. The van der Waals surface area contributed by atoms with Gasteiger partial charge in [-0.3, -0.25) is 0 Å². The molecule has 0 spiro atoms. The first-order chi connectivity index (χ1) is 15.1. The number of hydrogen-bond donors (Lipinski definition) is 0. The van der Waals surface area contributed by atoms with E-state index in [1.165, 1.54) is 50.4 Å². The molecular weight excluding hydrogens is 507 g/mol. The van der Waals surface area contributed by atoms with Crippen LogP contribution in [0.25, 0.3) is 0 Å². The van der Waals surface area contributed by atoms with Gasteiger partial charge in [0, 0.05) is 16.0 Å². The topological polar surface area (TPSA) is 74.2 Å². The summed E-state index contributed by atoms with van der Waals surface area (Å²) >= 11 is 23.7. The lowest BCUT2D eigenvalue weighted by molar-refractivity contribution is -0.0165. The maximum absolute atomic E-state index is 14.8. The normalized spacial score (nSPS) is 14.0. The summed E-state index contributed by atoms with van der Waals surface area (Å²) in [6.45, 7) is 1.25. The van der Waals surface area contributed by atoms with Crippen LogP contribution in [0.2, 0.25) is 20.1 Å². The van der Waals surface area contributed by atoms with E-state index in [1.54, 1.807) is 0 Å². The number of halogens is 5. The summed E-state index contributed by atoms with van der Waals surface area (Å²) in [6.07, 6.45) is -2.41. The van der Waals surface area contributed by atoms with Crippen molar-refractivity contribution in [2.24, 2.45) is 11.1 Å². The fourth-order valence-electron chi connectivity index (χ4n) is 2.58. The molecule has 0 aromatic heterocycles. The summed E-state index contributed by atoms with van der Waals surface area (Å²) in [5, 5.41) is 4.19. The average molecular weight is 525 g/mol. The number of ether oxygens (including phenoxy) is 2. The Bertz CT molecular complexity index is 1000. The molecule has 0 N–H and O–H groups in total. The first-order valence-electron chi connectivity index (χ1n) is 9.13. The highest BCUT2D eigenvalue weighted by atomic mass is 35.5. The van der Waals surface area contributed by atoms with Crippen LogP contribution in [-0.4, -0.2) is 44.1 Å². The van der Waals surface area contributed by atoms with Crippen LogP contribution in [0.5, 0.6) is 0 Å². The van der Waals surface area contributed by atoms with E-state index in [2.05, 4.69) is 9.99 Å². The molecule has 0 heterocycles. The van der Waals surface area contributed by atoms with Gasteiger partial charge in [-0.1, -0.05) is 58.5 Å². The third-order valence-corrected chi connectivity index (χ3v) is 5.30. The van der Waals surface area contributed by atoms with Crippen molar-refractivity contribution in [2.75, 3.05) is 13.7 Å². The van der Waals surface area contributed by atoms with Crippen molar-refractivity contribution in [2.45, 2.75) is 19.2 Å². The van der Waals surface area contributed by atoms with Crippen LogP contribution in [-0.2, 0) is 14.3 Å². The molecule has 2 aromatic carbocycles. The first-order valence-corrected chi connectivity index (χ1v) is 10.6. The van der Waals surface area contributed by atoms with Gasteiger partial charge in [0.2, 0.25) is 0 Å². The van der Waals surface area contributed by atoms with Gasteiger partial charge in [0.05, 0.1) is 34.0 Å². The number of carbonyl (C=O) groups is 2. The predicted molar refractivity (Wildman–Crippen MR) is 122 cm³/mol. The number of hydrogen-bond acceptors (Lipinski definition) is 6. The summed E-state index contributed by atoms with van der Waals surface area (Å²) in [6, 6.07) is 8.43. The van der Waals surface area contributed by atoms with Gasteiger partial charge in [0.1, 0.15) is 13.2 Å². The SMILES string of the molecule is CON=C[C@@H](F)[C@H](OC(=O)c1ccc(Cl)cc1Cl)[C@@H](C)COC(=O)c1ccc(Cl)cc1Cl. The molecule has 172 valence electrons. The van der Waals surface area contributed by atoms with E-state index >= 15 is 0 Å². The molecule has 0 bridgehead atoms.